The first-order chi connectivity index (χ1) is 12.5. The van der Waals surface area contributed by atoms with Gasteiger partial charge in [0.2, 0.25) is 15.7 Å². The van der Waals surface area contributed by atoms with Gasteiger partial charge < -0.3 is 5.32 Å². The highest BCUT2D eigenvalue weighted by atomic mass is 35.5. The van der Waals surface area contributed by atoms with Gasteiger partial charge in [0.15, 0.2) is 0 Å². The number of benzene rings is 2. The predicted octanol–water partition coefficient (Wildman–Crippen LogP) is 4.71. The van der Waals surface area contributed by atoms with Gasteiger partial charge in [0.1, 0.15) is 4.90 Å². The van der Waals surface area contributed by atoms with Crippen molar-refractivity contribution in [1.82, 2.24) is 0 Å². The molecule has 1 aliphatic rings. The van der Waals surface area contributed by atoms with Gasteiger partial charge >= 0.3 is 0 Å². The fourth-order valence-electron chi connectivity index (χ4n) is 3.14. The zero-order chi connectivity index (χ0) is 18.3. The molecule has 3 aromatic rings. The van der Waals surface area contributed by atoms with Crippen molar-refractivity contribution in [3.63, 3.8) is 0 Å². The second-order valence-electron chi connectivity index (χ2n) is 5.98. The molecule has 1 amide bonds. The average Bonchev–Trinajstić information content (AvgIpc) is 3.07. The lowest BCUT2D eigenvalue weighted by Gasteiger charge is -2.24. The third kappa shape index (κ3) is 2.84. The van der Waals surface area contributed by atoms with Crippen molar-refractivity contribution in [2.75, 3.05) is 5.32 Å². The number of carbonyl (C=O) groups is 1. The largest absolute Gasteiger partial charge is 0.324 e. The molecule has 2 aromatic carbocycles. The first-order valence-electron chi connectivity index (χ1n) is 7.94. The molecule has 0 fully saturated rings. The van der Waals surface area contributed by atoms with Gasteiger partial charge in [-0.2, -0.15) is 0 Å². The summed E-state index contributed by atoms with van der Waals surface area (Å²) in [5, 5.41) is 4.92. The first kappa shape index (κ1) is 17.3. The van der Waals surface area contributed by atoms with Crippen LogP contribution in [-0.4, -0.2) is 14.3 Å². The summed E-state index contributed by atoms with van der Waals surface area (Å²) in [4.78, 5) is 13.4. The van der Waals surface area contributed by atoms with E-state index in [1.807, 2.05) is 18.2 Å². The van der Waals surface area contributed by atoms with E-state index in [0.29, 0.717) is 10.7 Å². The summed E-state index contributed by atoms with van der Waals surface area (Å²) in [6.45, 7) is 0. The molecule has 0 saturated heterocycles. The molecule has 4 rings (SSSR count). The molecule has 0 spiro atoms. The number of nitrogens with one attached hydrogen (secondary N) is 1. The van der Waals surface area contributed by atoms with Crippen molar-refractivity contribution < 1.29 is 13.2 Å². The lowest BCUT2D eigenvalue weighted by Crippen LogP contribution is -2.23. The number of anilines is 1. The molecule has 26 heavy (non-hydrogen) atoms. The molecule has 0 aliphatic carbocycles. The molecule has 2 heterocycles. The molecule has 1 aromatic heterocycles. The van der Waals surface area contributed by atoms with Gasteiger partial charge in [0.25, 0.3) is 0 Å². The summed E-state index contributed by atoms with van der Waals surface area (Å²) < 4.78 is 26.0. The Morgan fingerprint density at radius 1 is 1.04 bits per heavy atom. The molecule has 7 heteroatoms. The van der Waals surface area contributed by atoms with E-state index < -0.39 is 9.84 Å². The zero-order valence-electron chi connectivity index (χ0n) is 13.5. The second-order valence-corrected chi connectivity index (χ2v) is 9.22. The van der Waals surface area contributed by atoms with Gasteiger partial charge in [-0.1, -0.05) is 48.0 Å². The van der Waals surface area contributed by atoms with Crippen molar-refractivity contribution in [3.05, 3.63) is 75.4 Å². The van der Waals surface area contributed by atoms with Crippen molar-refractivity contribution in [3.8, 4) is 0 Å². The molecule has 1 unspecified atom stereocenters. The Hall–Kier alpha value is -2.15. The molecule has 0 radical (unpaired) electrons. The van der Waals surface area contributed by atoms with Crippen LogP contribution < -0.4 is 5.32 Å². The van der Waals surface area contributed by atoms with Crippen LogP contribution in [0.25, 0.3) is 0 Å². The molecular weight excluding hydrogens is 390 g/mol. The van der Waals surface area contributed by atoms with Crippen LogP contribution >= 0.6 is 22.9 Å². The number of fused-ring (bicyclic) bond motifs is 1. The van der Waals surface area contributed by atoms with Crippen LogP contribution in [0, 0.1) is 0 Å². The zero-order valence-corrected chi connectivity index (χ0v) is 15.9. The maximum atomic E-state index is 13.0. The Kier molecular flexibility index (Phi) is 4.34. The molecular formula is C19H14ClNO3S2. The number of hydrogen-bond acceptors (Lipinski definition) is 4. The Morgan fingerprint density at radius 3 is 2.46 bits per heavy atom. The van der Waals surface area contributed by atoms with Crippen LogP contribution in [0.15, 0.2) is 69.8 Å². The normalized spacial score (nSPS) is 16.8. The average molecular weight is 404 g/mol. The van der Waals surface area contributed by atoms with E-state index in [-0.39, 0.29) is 28.0 Å². The summed E-state index contributed by atoms with van der Waals surface area (Å²) in [6.07, 6.45) is 0.238. The van der Waals surface area contributed by atoms with E-state index in [0.717, 1.165) is 10.4 Å². The SMILES string of the molecule is O=C1CC(c2ccccc2Cl)c2scc(S(=O)(=O)c3ccccc3)c2N1. The lowest BCUT2D eigenvalue weighted by molar-refractivity contribution is -0.116. The van der Waals surface area contributed by atoms with Gasteiger partial charge in [-0.15, -0.1) is 11.3 Å². The van der Waals surface area contributed by atoms with E-state index in [1.165, 1.54) is 11.3 Å². The fourth-order valence-corrected chi connectivity index (χ4v) is 6.33. The topological polar surface area (TPSA) is 63.2 Å². The number of rotatable bonds is 3. The molecule has 132 valence electrons. The Labute approximate surface area is 160 Å². The standard InChI is InChI=1S/C19H14ClNO3S2/c20-15-9-5-4-8-13(15)14-10-17(22)21-18-16(11-25-19(14)18)26(23,24)12-6-2-1-3-7-12/h1-9,11,14H,10H2,(H,21,22). The summed E-state index contributed by atoms with van der Waals surface area (Å²) in [6, 6.07) is 15.6. The summed E-state index contributed by atoms with van der Waals surface area (Å²) in [5.41, 5.74) is 1.20. The highest BCUT2D eigenvalue weighted by molar-refractivity contribution is 7.91. The summed E-state index contributed by atoms with van der Waals surface area (Å²) >= 11 is 7.65. The third-order valence-electron chi connectivity index (χ3n) is 4.38. The monoisotopic (exact) mass is 403 g/mol. The van der Waals surface area contributed by atoms with Crippen LogP contribution in [0.1, 0.15) is 22.8 Å². The Morgan fingerprint density at radius 2 is 1.73 bits per heavy atom. The number of halogens is 1. The number of hydrogen-bond donors (Lipinski definition) is 1. The number of sulfone groups is 1. The van der Waals surface area contributed by atoms with Gasteiger partial charge in [-0.25, -0.2) is 8.42 Å². The predicted molar refractivity (Wildman–Crippen MR) is 103 cm³/mol. The number of carbonyl (C=O) groups excluding carboxylic acids is 1. The van der Waals surface area contributed by atoms with E-state index >= 15 is 0 Å². The van der Waals surface area contributed by atoms with E-state index in [1.54, 1.807) is 41.8 Å². The minimum absolute atomic E-state index is 0.133. The van der Waals surface area contributed by atoms with Crippen LogP contribution in [-0.2, 0) is 14.6 Å². The maximum Gasteiger partial charge on any atom is 0.225 e. The van der Waals surface area contributed by atoms with E-state index in [9.17, 15) is 13.2 Å². The molecule has 1 aliphatic heterocycles. The Bertz CT molecular complexity index is 1090. The van der Waals surface area contributed by atoms with Crippen LogP contribution in [0.4, 0.5) is 5.69 Å². The lowest BCUT2D eigenvalue weighted by atomic mass is 9.90. The fraction of sp³-hybridized carbons (Fsp3) is 0.105. The Balaban J connectivity index is 1.86. The smallest absolute Gasteiger partial charge is 0.225 e. The maximum absolute atomic E-state index is 13.0. The van der Waals surface area contributed by atoms with E-state index in [4.69, 9.17) is 11.6 Å². The van der Waals surface area contributed by atoms with Crippen molar-refractivity contribution in [1.29, 1.82) is 0 Å². The highest BCUT2D eigenvalue weighted by Gasteiger charge is 2.34. The van der Waals surface area contributed by atoms with Crippen LogP contribution in [0.2, 0.25) is 5.02 Å². The molecule has 1 atom stereocenters. The first-order valence-corrected chi connectivity index (χ1v) is 10.7. The van der Waals surface area contributed by atoms with Crippen LogP contribution in [0.5, 0.6) is 0 Å². The molecule has 1 N–H and O–H groups in total. The van der Waals surface area contributed by atoms with Crippen molar-refractivity contribution in [2.24, 2.45) is 0 Å². The third-order valence-corrected chi connectivity index (χ3v) is 7.76. The number of thiophene rings is 1. The second kappa shape index (κ2) is 6.54. The highest BCUT2D eigenvalue weighted by Crippen LogP contribution is 2.47. The summed E-state index contributed by atoms with van der Waals surface area (Å²) in [7, 11) is -3.71. The van der Waals surface area contributed by atoms with Gasteiger partial charge in [0.05, 0.1) is 10.6 Å². The molecule has 0 bridgehead atoms. The van der Waals surface area contributed by atoms with Crippen molar-refractivity contribution in [2.45, 2.75) is 22.1 Å². The quantitative estimate of drug-likeness (QED) is 0.688. The molecule has 4 nitrogen and oxygen atoms in total. The van der Waals surface area contributed by atoms with Crippen LogP contribution in [0.3, 0.4) is 0 Å². The number of amides is 1. The van der Waals surface area contributed by atoms with E-state index in [2.05, 4.69) is 5.32 Å². The minimum Gasteiger partial charge on any atom is -0.324 e. The van der Waals surface area contributed by atoms with Gasteiger partial charge in [-0.05, 0) is 23.8 Å². The van der Waals surface area contributed by atoms with Gasteiger partial charge in [-0.3, -0.25) is 4.79 Å². The summed E-state index contributed by atoms with van der Waals surface area (Å²) in [5.74, 6) is -0.470. The van der Waals surface area contributed by atoms with Crippen molar-refractivity contribution >= 4 is 44.4 Å². The molecule has 0 saturated carbocycles. The van der Waals surface area contributed by atoms with Gasteiger partial charge in [0, 0.05) is 27.6 Å². The minimum atomic E-state index is -3.71.